The zero-order valence-corrected chi connectivity index (χ0v) is 23.6. The van der Waals surface area contributed by atoms with Crippen molar-refractivity contribution in [2.45, 2.75) is 12.7 Å². The second kappa shape index (κ2) is 13.2. The topological polar surface area (TPSA) is 145 Å². The third-order valence-electron chi connectivity index (χ3n) is 6.89. The van der Waals surface area contributed by atoms with E-state index in [1.165, 1.54) is 10.8 Å². The molecule has 0 aliphatic rings. The van der Waals surface area contributed by atoms with Crippen LogP contribution in [0.1, 0.15) is 21.6 Å². The molecule has 0 unspecified atom stereocenters. The van der Waals surface area contributed by atoms with E-state index in [-0.39, 0.29) is 17.5 Å². The first-order valence-electron chi connectivity index (χ1n) is 13.4. The van der Waals surface area contributed by atoms with Crippen LogP contribution < -0.4 is 16.0 Å². The summed E-state index contributed by atoms with van der Waals surface area (Å²) < 4.78 is 33.6. The van der Waals surface area contributed by atoms with Gasteiger partial charge in [0.25, 0.3) is 5.91 Å². The summed E-state index contributed by atoms with van der Waals surface area (Å²) in [6.45, 7) is 1.48. The van der Waals surface area contributed by atoms with Crippen LogP contribution in [0.25, 0.3) is 21.7 Å². The first-order chi connectivity index (χ1) is 20.9. The van der Waals surface area contributed by atoms with E-state index in [1.807, 2.05) is 54.1 Å². The molecular weight excluding hydrogens is 575 g/mol. The summed E-state index contributed by atoms with van der Waals surface area (Å²) >= 11 is 0. The highest BCUT2D eigenvalue weighted by atomic mass is 19.4. The average molecular weight is 606 g/mol. The van der Waals surface area contributed by atoms with E-state index >= 15 is 0 Å². The number of carboxylic acid groups (broad SMARTS) is 1. The molecule has 0 aliphatic heterocycles. The Bertz CT molecular complexity index is 1830. The number of alkyl halides is 3. The van der Waals surface area contributed by atoms with Crippen LogP contribution in [-0.2, 0) is 11.3 Å². The number of amidine groups is 1. The minimum absolute atomic E-state index is 0.00913. The van der Waals surface area contributed by atoms with Crippen molar-refractivity contribution in [1.29, 1.82) is 5.41 Å². The SMILES string of the molecule is CN(CCNC(=O)c1cc2c(O)cccc2n1Cc1cccc(C(=N)N)c1)c1cccc2ccccc12.O=C(O)C(F)(F)F. The molecule has 5 rings (SSSR count). The van der Waals surface area contributed by atoms with Crippen molar-refractivity contribution in [2.24, 2.45) is 5.73 Å². The van der Waals surface area contributed by atoms with E-state index in [9.17, 15) is 23.1 Å². The molecule has 0 bridgehead atoms. The fourth-order valence-corrected chi connectivity index (χ4v) is 4.74. The molecule has 0 atom stereocenters. The lowest BCUT2D eigenvalue weighted by Crippen LogP contribution is -2.34. The molecule has 9 nitrogen and oxygen atoms in total. The van der Waals surface area contributed by atoms with Gasteiger partial charge < -0.3 is 30.7 Å². The number of amides is 1. The number of likely N-dealkylation sites (N-methyl/N-ethyl adjacent to an activating group) is 1. The number of halogens is 3. The Balaban J connectivity index is 0.000000566. The molecule has 0 aliphatic carbocycles. The number of aromatic nitrogens is 1. The average Bonchev–Trinajstić information content (AvgIpc) is 3.36. The van der Waals surface area contributed by atoms with Gasteiger partial charge in [-0.1, -0.05) is 60.7 Å². The summed E-state index contributed by atoms with van der Waals surface area (Å²) in [5, 5.41) is 31.3. The van der Waals surface area contributed by atoms with Crippen LogP contribution in [0.15, 0.2) is 91.0 Å². The molecule has 1 heterocycles. The first kappa shape index (κ1) is 31.4. The van der Waals surface area contributed by atoms with Crippen LogP contribution >= 0.6 is 0 Å². The maximum absolute atomic E-state index is 13.4. The lowest BCUT2D eigenvalue weighted by atomic mass is 10.1. The molecule has 0 fully saturated rings. The minimum atomic E-state index is -5.08. The summed E-state index contributed by atoms with van der Waals surface area (Å²) in [6.07, 6.45) is -5.08. The van der Waals surface area contributed by atoms with Gasteiger partial charge in [0, 0.05) is 48.7 Å². The fraction of sp³-hybridized carbons (Fsp3) is 0.156. The number of benzene rings is 4. The number of fused-ring (bicyclic) bond motifs is 2. The van der Waals surface area contributed by atoms with E-state index in [0.717, 1.165) is 16.8 Å². The number of nitrogens with one attached hydrogen (secondary N) is 2. The van der Waals surface area contributed by atoms with Crippen LogP contribution in [0, 0.1) is 5.41 Å². The summed E-state index contributed by atoms with van der Waals surface area (Å²) in [5.41, 5.74) is 9.52. The lowest BCUT2D eigenvalue weighted by Gasteiger charge is -2.21. The van der Waals surface area contributed by atoms with E-state index in [2.05, 4.69) is 34.5 Å². The Morgan fingerprint density at radius 2 is 1.61 bits per heavy atom. The van der Waals surface area contributed by atoms with Crippen molar-refractivity contribution in [2.75, 3.05) is 25.0 Å². The maximum Gasteiger partial charge on any atom is 0.490 e. The number of carbonyl (C=O) groups excluding carboxylic acids is 1. The summed E-state index contributed by atoms with van der Waals surface area (Å²) in [7, 11) is 2.02. The van der Waals surface area contributed by atoms with Gasteiger partial charge in [-0.3, -0.25) is 10.2 Å². The Labute approximate surface area is 250 Å². The van der Waals surface area contributed by atoms with Crippen LogP contribution in [0.4, 0.5) is 18.9 Å². The summed E-state index contributed by atoms with van der Waals surface area (Å²) in [6, 6.07) is 28.9. The monoisotopic (exact) mass is 605 g/mol. The molecule has 12 heteroatoms. The van der Waals surface area contributed by atoms with Crippen LogP contribution in [0.3, 0.4) is 0 Å². The second-order valence-corrected chi connectivity index (χ2v) is 9.92. The van der Waals surface area contributed by atoms with E-state index in [1.54, 1.807) is 24.3 Å². The van der Waals surface area contributed by atoms with Crippen LogP contribution in [-0.4, -0.2) is 58.8 Å². The van der Waals surface area contributed by atoms with Gasteiger partial charge in [-0.05, 0) is 41.3 Å². The van der Waals surface area contributed by atoms with Gasteiger partial charge in [-0.2, -0.15) is 13.2 Å². The van der Waals surface area contributed by atoms with Gasteiger partial charge in [-0.15, -0.1) is 0 Å². The highest BCUT2D eigenvalue weighted by Gasteiger charge is 2.38. The number of hydrogen-bond acceptors (Lipinski definition) is 5. The van der Waals surface area contributed by atoms with Gasteiger partial charge in [0.1, 0.15) is 17.3 Å². The molecule has 0 spiro atoms. The van der Waals surface area contributed by atoms with Crippen LogP contribution in [0.5, 0.6) is 5.75 Å². The predicted molar refractivity (Wildman–Crippen MR) is 163 cm³/mol. The molecule has 6 N–H and O–H groups in total. The lowest BCUT2D eigenvalue weighted by molar-refractivity contribution is -0.192. The number of nitrogens with zero attached hydrogens (tertiary/aromatic N) is 2. The van der Waals surface area contributed by atoms with Crippen LogP contribution in [0.2, 0.25) is 0 Å². The van der Waals surface area contributed by atoms with Crippen molar-refractivity contribution in [3.05, 3.63) is 108 Å². The van der Waals surface area contributed by atoms with Crippen molar-refractivity contribution < 1.29 is 33.0 Å². The largest absolute Gasteiger partial charge is 0.507 e. The molecule has 228 valence electrons. The molecule has 0 saturated carbocycles. The summed E-state index contributed by atoms with van der Waals surface area (Å²) in [5.74, 6) is -2.86. The standard InChI is InChI=1S/C30H29N5O2.C2HF3O2/c1-34(25-12-5-9-21-8-2-3-11-23(21)25)16-15-33-30(37)27-18-24-26(13-6-14-28(24)36)35(27)19-20-7-4-10-22(17-20)29(31)32;3-2(4,5)1(6)7/h2-14,17-18,36H,15-16,19H2,1H3,(H3,31,32)(H,33,37);(H,6,7). The number of rotatable bonds is 8. The molecule has 1 amide bonds. The van der Waals surface area contributed by atoms with E-state index in [4.69, 9.17) is 21.0 Å². The highest BCUT2D eigenvalue weighted by Crippen LogP contribution is 2.29. The van der Waals surface area contributed by atoms with Crippen molar-refractivity contribution in [3.63, 3.8) is 0 Å². The van der Waals surface area contributed by atoms with Gasteiger partial charge in [0.2, 0.25) is 0 Å². The Kier molecular flexibility index (Phi) is 9.42. The number of anilines is 1. The number of aromatic hydroxyl groups is 1. The maximum atomic E-state index is 13.4. The van der Waals surface area contributed by atoms with E-state index in [0.29, 0.717) is 36.3 Å². The molecular formula is C32H30F3N5O4. The number of nitrogens with two attached hydrogens (primary N) is 1. The van der Waals surface area contributed by atoms with Gasteiger partial charge in [0.05, 0.1) is 5.52 Å². The van der Waals surface area contributed by atoms with Gasteiger partial charge >= 0.3 is 12.1 Å². The quantitative estimate of drug-likeness (QED) is 0.119. The highest BCUT2D eigenvalue weighted by molar-refractivity contribution is 6.00. The van der Waals surface area contributed by atoms with E-state index < -0.39 is 12.1 Å². The first-order valence-corrected chi connectivity index (χ1v) is 13.4. The molecule has 0 saturated heterocycles. The zero-order valence-electron chi connectivity index (χ0n) is 23.6. The van der Waals surface area contributed by atoms with Gasteiger partial charge in [-0.25, -0.2) is 4.79 Å². The number of carbonyl (C=O) groups is 2. The smallest absolute Gasteiger partial charge is 0.490 e. The zero-order chi connectivity index (χ0) is 32.0. The predicted octanol–water partition coefficient (Wildman–Crippen LogP) is 5.33. The molecule has 0 radical (unpaired) electrons. The molecule has 1 aromatic heterocycles. The third kappa shape index (κ3) is 7.27. The Morgan fingerprint density at radius 1 is 0.955 bits per heavy atom. The minimum Gasteiger partial charge on any atom is -0.507 e. The number of nitrogen functional groups attached to an aromatic ring is 1. The van der Waals surface area contributed by atoms with Crippen molar-refractivity contribution >= 4 is 45.1 Å². The molecule has 4 aromatic carbocycles. The van der Waals surface area contributed by atoms with Crippen molar-refractivity contribution in [3.8, 4) is 5.75 Å². The number of hydrogen-bond donors (Lipinski definition) is 5. The Hall–Kier alpha value is -5.52. The van der Waals surface area contributed by atoms with Crippen molar-refractivity contribution in [1.82, 2.24) is 9.88 Å². The summed E-state index contributed by atoms with van der Waals surface area (Å²) in [4.78, 5) is 24.4. The second-order valence-electron chi connectivity index (χ2n) is 9.92. The molecule has 44 heavy (non-hydrogen) atoms. The number of phenols is 1. The Morgan fingerprint density at radius 3 is 2.32 bits per heavy atom. The fourth-order valence-electron chi connectivity index (χ4n) is 4.74. The normalized spacial score (nSPS) is 11.1. The third-order valence-corrected chi connectivity index (χ3v) is 6.89. The number of carboxylic acids is 1. The van der Waals surface area contributed by atoms with Gasteiger partial charge in [0.15, 0.2) is 0 Å². The number of phenolic OH excluding ortho intramolecular Hbond substituents is 1. The number of aliphatic carboxylic acids is 1. The molecule has 5 aromatic rings.